The first-order valence-corrected chi connectivity index (χ1v) is 4.73. The van der Waals surface area contributed by atoms with Gasteiger partial charge in [0.25, 0.3) is 0 Å². The maximum absolute atomic E-state index is 10.6. The van der Waals surface area contributed by atoms with E-state index in [4.69, 9.17) is 9.47 Å². The van der Waals surface area contributed by atoms with Crippen molar-refractivity contribution in [1.29, 1.82) is 0 Å². The summed E-state index contributed by atoms with van der Waals surface area (Å²) in [5.41, 5.74) is 0. The van der Waals surface area contributed by atoms with Crippen LogP contribution in [0.5, 0.6) is 0 Å². The van der Waals surface area contributed by atoms with E-state index >= 15 is 0 Å². The molecule has 0 N–H and O–H groups in total. The van der Waals surface area contributed by atoms with Gasteiger partial charge in [-0.3, -0.25) is 10.1 Å². The van der Waals surface area contributed by atoms with E-state index in [0.29, 0.717) is 12.3 Å². The lowest BCUT2D eigenvalue weighted by Crippen LogP contribution is -2.34. The molecule has 0 aromatic heterocycles. The molecule has 0 amide bonds. The van der Waals surface area contributed by atoms with E-state index in [2.05, 4.69) is 0 Å². The molecule has 0 bridgehead atoms. The van der Waals surface area contributed by atoms with Crippen LogP contribution in [0, 0.1) is 16.0 Å². The number of methoxy groups -OCH3 is 1. The molecule has 2 atom stereocenters. The number of hydrogen-bond acceptors (Lipinski definition) is 4. The summed E-state index contributed by atoms with van der Waals surface area (Å²) >= 11 is 0. The molecule has 0 aliphatic carbocycles. The zero-order valence-corrected chi connectivity index (χ0v) is 9.23. The Morgan fingerprint density at radius 1 is 1.36 bits per heavy atom. The first kappa shape index (κ1) is 13.3. The van der Waals surface area contributed by atoms with Crippen molar-refractivity contribution in [3.63, 3.8) is 0 Å². The van der Waals surface area contributed by atoms with Gasteiger partial charge in [-0.25, -0.2) is 0 Å². The fourth-order valence-corrected chi connectivity index (χ4v) is 1.16. The number of rotatable bonds is 7. The van der Waals surface area contributed by atoms with E-state index < -0.39 is 6.04 Å². The molecule has 0 fully saturated rings. The van der Waals surface area contributed by atoms with Crippen molar-refractivity contribution in [2.24, 2.45) is 5.92 Å². The third-order valence-electron chi connectivity index (χ3n) is 1.97. The predicted octanol–water partition coefficient (Wildman–Crippen LogP) is 1.69. The van der Waals surface area contributed by atoms with Gasteiger partial charge in [-0.15, -0.1) is 0 Å². The monoisotopic (exact) mass is 205 g/mol. The first-order chi connectivity index (χ1) is 6.49. The highest BCUT2D eigenvalue weighted by atomic mass is 16.7. The van der Waals surface area contributed by atoms with E-state index in [1.165, 1.54) is 7.11 Å². The van der Waals surface area contributed by atoms with Crippen molar-refractivity contribution >= 4 is 0 Å². The average molecular weight is 205 g/mol. The zero-order valence-electron chi connectivity index (χ0n) is 9.23. The van der Waals surface area contributed by atoms with Gasteiger partial charge in [0.1, 0.15) is 12.9 Å². The van der Waals surface area contributed by atoms with Crippen LogP contribution in [-0.4, -0.2) is 31.0 Å². The van der Waals surface area contributed by atoms with Gasteiger partial charge in [0.05, 0.1) is 0 Å². The molecule has 5 heteroatoms. The van der Waals surface area contributed by atoms with Crippen molar-refractivity contribution in [2.45, 2.75) is 39.3 Å². The summed E-state index contributed by atoms with van der Waals surface area (Å²) in [6, 6.07) is -0.687. The average Bonchev–Trinajstić information content (AvgIpc) is 2.10. The van der Waals surface area contributed by atoms with Crippen LogP contribution in [0.15, 0.2) is 0 Å². The lowest BCUT2D eigenvalue weighted by atomic mass is 10.0. The van der Waals surface area contributed by atoms with Crippen molar-refractivity contribution < 1.29 is 14.4 Å². The summed E-state index contributed by atoms with van der Waals surface area (Å²) in [6.45, 7) is 5.68. The molecule has 0 aromatic rings. The van der Waals surface area contributed by atoms with Gasteiger partial charge in [-0.05, 0) is 12.3 Å². The molecule has 84 valence electrons. The van der Waals surface area contributed by atoms with Gasteiger partial charge < -0.3 is 9.47 Å². The molecule has 14 heavy (non-hydrogen) atoms. The molecule has 0 aromatic carbocycles. The standard InChI is InChI=1S/C9H19NO4/c1-7(2)5-9(14-6-13-4)8(3)10(11)12/h7-9H,5-6H2,1-4H3/t8?,9-/m1/s1. The lowest BCUT2D eigenvalue weighted by Gasteiger charge is -2.20. The van der Waals surface area contributed by atoms with Crippen molar-refractivity contribution in [3.8, 4) is 0 Å². The molecular formula is C9H19NO4. The second-order valence-electron chi connectivity index (χ2n) is 3.77. The number of hydrogen-bond donors (Lipinski definition) is 0. The second kappa shape index (κ2) is 6.73. The first-order valence-electron chi connectivity index (χ1n) is 4.73. The van der Waals surface area contributed by atoms with Gasteiger partial charge >= 0.3 is 0 Å². The molecule has 5 nitrogen and oxygen atoms in total. The molecule has 0 aliphatic rings. The van der Waals surface area contributed by atoms with E-state index in [-0.39, 0.29) is 17.8 Å². The largest absolute Gasteiger partial charge is 0.359 e. The molecule has 0 spiro atoms. The van der Waals surface area contributed by atoms with Crippen LogP contribution in [-0.2, 0) is 9.47 Å². The number of ether oxygens (including phenoxy) is 2. The SMILES string of the molecule is COCO[C@H](CC(C)C)C(C)[N+](=O)[O-]. The molecule has 0 radical (unpaired) electrons. The highest BCUT2D eigenvalue weighted by Crippen LogP contribution is 2.13. The van der Waals surface area contributed by atoms with Gasteiger partial charge in [0.2, 0.25) is 6.04 Å². The Morgan fingerprint density at radius 2 is 1.93 bits per heavy atom. The topological polar surface area (TPSA) is 61.6 Å². The van der Waals surface area contributed by atoms with Crippen molar-refractivity contribution in [3.05, 3.63) is 10.1 Å². The molecule has 0 rings (SSSR count). The van der Waals surface area contributed by atoms with Crippen molar-refractivity contribution in [1.82, 2.24) is 0 Å². The van der Waals surface area contributed by atoms with Crippen LogP contribution in [0.25, 0.3) is 0 Å². The molecule has 0 heterocycles. The highest BCUT2D eigenvalue weighted by molar-refractivity contribution is 4.66. The van der Waals surface area contributed by atoms with Crippen LogP contribution in [0.4, 0.5) is 0 Å². The molecule has 0 saturated heterocycles. The minimum Gasteiger partial charge on any atom is -0.359 e. The smallest absolute Gasteiger partial charge is 0.236 e. The number of nitrogens with zero attached hydrogens (tertiary/aromatic N) is 1. The number of nitro groups is 1. The van der Waals surface area contributed by atoms with E-state index in [1.54, 1.807) is 6.92 Å². The Kier molecular flexibility index (Phi) is 6.40. The Bertz CT molecular complexity index is 172. The third kappa shape index (κ3) is 5.14. The van der Waals surface area contributed by atoms with E-state index in [1.807, 2.05) is 13.8 Å². The normalized spacial score (nSPS) is 15.5. The Hall–Kier alpha value is -0.680. The maximum atomic E-state index is 10.6. The second-order valence-corrected chi connectivity index (χ2v) is 3.77. The van der Waals surface area contributed by atoms with Gasteiger partial charge in [-0.2, -0.15) is 0 Å². The van der Waals surface area contributed by atoms with E-state index in [0.717, 1.165) is 0 Å². The third-order valence-corrected chi connectivity index (χ3v) is 1.97. The van der Waals surface area contributed by atoms with Crippen LogP contribution in [0.1, 0.15) is 27.2 Å². The quantitative estimate of drug-likeness (QED) is 0.360. The predicted molar refractivity (Wildman–Crippen MR) is 52.7 cm³/mol. The van der Waals surface area contributed by atoms with Gasteiger partial charge in [0.15, 0.2) is 0 Å². The Labute approximate surface area is 84.5 Å². The summed E-state index contributed by atoms with van der Waals surface area (Å²) in [5.74, 6) is 0.374. The van der Waals surface area contributed by atoms with E-state index in [9.17, 15) is 10.1 Å². The highest BCUT2D eigenvalue weighted by Gasteiger charge is 2.27. The summed E-state index contributed by atoms with van der Waals surface area (Å²) in [5, 5.41) is 10.6. The van der Waals surface area contributed by atoms with Crippen molar-refractivity contribution in [2.75, 3.05) is 13.9 Å². The summed E-state index contributed by atoms with van der Waals surface area (Å²) in [6.07, 6.45) is 0.302. The summed E-state index contributed by atoms with van der Waals surface area (Å²) in [7, 11) is 1.50. The minimum atomic E-state index is -0.687. The lowest BCUT2D eigenvalue weighted by molar-refractivity contribution is -0.532. The zero-order chi connectivity index (χ0) is 11.1. The van der Waals surface area contributed by atoms with Crippen LogP contribution in [0.2, 0.25) is 0 Å². The Balaban J connectivity index is 4.15. The molecule has 0 aliphatic heterocycles. The molecule has 0 saturated carbocycles. The fourth-order valence-electron chi connectivity index (χ4n) is 1.16. The minimum absolute atomic E-state index is 0.107. The summed E-state index contributed by atoms with van der Waals surface area (Å²) < 4.78 is 10.0. The molecular weight excluding hydrogens is 186 g/mol. The van der Waals surface area contributed by atoms with Crippen LogP contribution >= 0.6 is 0 Å². The van der Waals surface area contributed by atoms with Gasteiger partial charge in [-0.1, -0.05) is 13.8 Å². The van der Waals surface area contributed by atoms with Crippen LogP contribution in [0.3, 0.4) is 0 Å². The van der Waals surface area contributed by atoms with Crippen LogP contribution < -0.4 is 0 Å². The molecule has 1 unspecified atom stereocenters. The summed E-state index contributed by atoms with van der Waals surface area (Å²) in [4.78, 5) is 10.3. The Morgan fingerprint density at radius 3 is 2.29 bits per heavy atom. The fraction of sp³-hybridized carbons (Fsp3) is 1.00. The maximum Gasteiger partial charge on any atom is 0.236 e. The van der Waals surface area contributed by atoms with Gasteiger partial charge in [0, 0.05) is 19.0 Å².